The van der Waals surface area contributed by atoms with Gasteiger partial charge in [0.15, 0.2) is 0 Å². The van der Waals surface area contributed by atoms with Crippen molar-refractivity contribution in [1.29, 1.82) is 0 Å². The van der Waals surface area contributed by atoms with Gasteiger partial charge in [0.1, 0.15) is 5.75 Å². The number of aromatic hydroxyl groups is 1. The second-order valence-electron chi connectivity index (χ2n) is 8.44. The Balaban J connectivity index is 0.00000169. The normalized spacial score (nSPS) is 38.5. The molecule has 0 radical (unpaired) electrons. The van der Waals surface area contributed by atoms with Crippen LogP contribution in [-0.2, 0) is 16.6 Å². The lowest BCUT2D eigenvalue weighted by atomic mass is 9.59. The van der Waals surface area contributed by atoms with E-state index in [0.717, 1.165) is 32.5 Å². The molecule has 1 aromatic carbocycles. The SMILES string of the molecule is CC1[C@@H]2Cc3ccc(O)cc3[C@@]1(C)CCN2C[C@]1(C)CCCO1.Cl. The molecule has 3 nitrogen and oxygen atoms in total. The van der Waals surface area contributed by atoms with Gasteiger partial charge in [-0.3, -0.25) is 4.90 Å². The predicted octanol–water partition coefficient (Wildman–Crippen LogP) is 3.91. The lowest BCUT2D eigenvalue weighted by molar-refractivity contribution is -0.0508. The Bertz CT molecular complexity index is 614. The number of nitrogens with zero attached hydrogens (tertiary/aromatic N) is 1. The van der Waals surface area contributed by atoms with Crippen LogP contribution in [0.3, 0.4) is 0 Å². The standard InChI is InChI=1S/C20H29NO2.ClH/c1-14-18-11-15-5-6-16(22)12-17(15)20(14,3)8-9-21(18)13-19(2)7-4-10-23-19;/h5-6,12,14,18,22H,4,7-11,13H2,1-3H3;1H/t14?,18-,19-,20-;/m0./s1. The topological polar surface area (TPSA) is 32.7 Å². The van der Waals surface area contributed by atoms with Crippen molar-refractivity contribution in [3.63, 3.8) is 0 Å². The van der Waals surface area contributed by atoms with E-state index in [-0.39, 0.29) is 23.4 Å². The highest BCUT2D eigenvalue weighted by Gasteiger charge is 2.49. The van der Waals surface area contributed by atoms with Crippen LogP contribution in [0.25, 0.3) is 0 Å². The average molecular weight is 352 g/mol. The first-order chi connectivity index (χ1) is 10.9. The van der Waals surface area contributed by atoms with Crippen LogP contribution in [0.1, 0.15) is 51.2 Å². The highest BCUT2D eigenvalue weighted by molar-refractivity contribution is 5.85. The van der Waals surface area contributed by atoms with Gasteiger partial charge in [0.2, 0.25) is 0 Å². The maximum Gasteiger partial charge on any atom is 0.115 e. The van der Waals surface area contributed by atoms with Crippen molar-refractivity contribution < 1.29 is 9.84 Å². The van der Waals surface area contributed by atoms with Crippen molar-refractivity contribution in [3.8, 4) is 5.75 Å². The molecule has 1 unspecified atom stereocenters. The summed E-state index contributed by atoms with van der Waals surface area (Å²) in [6.45, 7) is 10.2. The van der Waals surface area contributed by atoms with Crippen molar-refractivity contribution in [2.75, 3.05) is 19.7 Å². The maximum absolute atomic E-state index is 9.93. The first-order valence-electron chi connectivity index (χ1n) is 9.12. The Morgan fingerprint density at radius 1 is 1.29 bits per heavy atom. The van der Waals surface area contributed by atoms with E-state index in [1.165, 1.54) is 24.0 Å². The van der Waals surface area contributed by atoms with Crippen LogP contribution in [0.5, 0.6) is 5.75 Å². The number of halogens is 1. The fourth-order valence-electron chi connectivity index (χ4n) is 5.28. The number of hydrogen-bond donors (Lipinski definition) is 1. The molecule has 134 valence electrons. The van der Waals surface area contributed by atoms with E-state index in [1.54, 1.807) is 0 Å². The minimum Gasteiger partial charge on any atom is -0.508 e. The molecule has 1 N–H and O–H groups in total. The Morgan fingerprint density at radius 3 is 2.79 bits per heavy atom. The highest BCUT2D eigenvalue weighted by atomic mass is 35.5. The van der Waals surface area contributed by atoms with Gasteiger partial charge < -0.3 is 9.84 Å². The molecule has 24 heavy (non-hydrogen) atoms. The summed E-state index contributed by atoms with van der Waals surface area (Å²) in [6.07, 6.45) is 4.65. The number of rotatable bonds is 2. The zero-order chi connectivity index (χ0) is 16.2. The number of piperidine rings is 1. The summed E-state index contributed by atoms with van der Waals surface area (Å²) in [5, 5.41) is 9.93. The lowest BCUT2D eigenvalue weighted by Gasteiger charge is -2.55. The first kappa shape index (κ1) is 18.0. The number of hydrogen-bond acceptors (Lipinski definition) is 3. The smallest absolute Gasteiger partial charge is 0.115 e. The highest BCUT2D eigenvalue weighted by Crippen LogP contribution is 2.49. The number of ether oxygens (including phenoxy) is 1. The summed E-state index contributed by atoms with van der Waals surface area (Å²) in [6, 6.07) is 6.59. The van der Waals surface area contributed by atoms with Crippen LogP contribution in [0, 0.1) is 5.92 Å². The number of phenols is 1. The lowest BCUT2D eigenvalue weighted by Crippen LogP contribution is -2.60. The predicted molar refractivity (Wildman–Crippen MR) is 99.1 cm³/mol. The molecule has 3 aliphatic rings. The molecule has 2 aliphatic heterocycles. The molecule has 4 rings (SSSR count). The number of benzene rings is 1. The molecule has 4 heteroatoms. The quantitative estimate of drug-likeness (QED) is 0.876. The van der Waals surface area contributed by atoms with E-state index in [0.29, 0.717) is 17.7 Å². The van der Waals surface area contributed by atoms with Crippen molar-refractivity contribution in [2.24, 2.45) is 5.92 Å². The van der Waals surface area contributed by atoms with E-state index >= 15 is 0 Å². The second-order valence-corrected chi connectivity index (χ2v) is 8.44. The van der Waals surface area contributed by atoms with Crippen molar-refractivity contribution in [2.45, 2.75) is 63.5 Å². The van der Waals surface area contributed by atoms with Crippen LogP contribution >= 0.6 is 12.4 Å². The van der Waals surface area contributed by atoms with Crippen LogP contribution in [0.2, 0.25) is 0 Å². The summed E-state index contributed by atoms with van der Waals surface area (Å²) in [5.41, 5.74) is 3.04. The van der Waals surface area contributed by atoms with Gasteiger partial charge in [0.05, 0.1) is 5.60 Å². The minimum atomic E-state index is 0. The van der Waals surface area contributed by atoms with E-state index in [4.69, 9.17) is 4.74 Å². The van der Waals surface area contributed by atoms with Gasteiger partial charge in [-0.05, 0) is 73.7 Å². The Hall–Kier alpha value is -0.770. The molecule has 1 aliphatic carbocycles. The molecule has 0 spiro atoms. The number of likely N-dealkylation sites (tertiary alicyclic amines) is 1. The third kappa shape index (κ3) is 2.75. The third-order valence-corrected chi connectivity index (χ3v) is 6.95. The van der Waals surface area contributed by atoms with Crippen molar-refractivity contribution >= 4 is 12.4 Å². The van der Waals surface area contributed by atoms with Gasteiger partial charge in [-0.15, -0.1) is 12.4 Å². The molecule has 2 heterocycles. The van der Waals surface area contributed by atoms with Gasteiger partial charge in [0, 0.05) is 19.2 Å². The van der Waals surface area contributed by atoms with Gasteiger partial charge in [-0.1, -0.05) is 19.9 Å². The number of fused-ring (bicyclic) bond motifs is 4. The summed E-state index contributed by atoms with van der Waals surface area (Å²) in [5.74, 6) is 1.01. The first-order valence-corrected chi connectivity index (χ1v) is 9.12. The molecular weight excluding hydrogens is 322 g/mol. The zero-order valence-electron chi connectivity index (χ0n) is 15.0. The van der Waals surface area contributed by atoms with Gasteiger partial charge in [-0.25, -0.2) is 0 Å². The van der Waals surface area contributed by atoms with Crippen molar-refractivity contribution in [1.82, 2.24) is 4.90 Å². The molecule has 4 atom stereocenters. The Kier molecular flexibility index (Phi) is 4.65. The van der Waals surface area contributed by atoms with Gasteiger partial charge >= 0.3 is 0 Å². The molecule has 0 saturated carbocycles. The van der Waals surface area contributed by atoms with E-state index < -0.39 is 0 Å². The average Bonchev–Trinajstić information content (AvgIpc) is 2.93. The molecule has 1 aromatic rings. The largest absolute Gasteiger partial charge is 0.508 e. The Labute approximate surface area is 151 Å². The van der Waals surface area contributed by atoms with Crippen molar-refractivity contribution in [3.05, 3.63) is 29.3 Å². The Morgan fingerprint density at radius 2 is 2.08 bits per heavy atom. The fourth-order valence-corrected chi connectivity index (χ4v) is 5.28. The van der Waals surface area contributed by atoms with Crippen LogP contribution in [0.15, 0.2) is 18.2 Å². The second kappa shape index (κ2) is 6.19. The minimum absolute atomic E-state index is 0. The van der Waals surface area contributed by atoms with Crippen LogP contribution < -0.4 is 0 Å². The van der Waals surface area contributed by atoms with Crippen LogP contribution in [0.4, 0.5) is 0 Å². The molecule has 2 bridgehead atoms. The summed E-state index contributed by atoms with van der Waals surface area (Å²) in [4.78, 5) is 2.69. The molecule has 2 fully saturated rings. The van der Waals surface area contributed by atoms with E-state index in [2.05, 4.69) is 31.7 Å². The number of phenolic OH excluding ortho intramolecular Hbond substituents is 1. The third-order valence-electron chi connectivity index (χ3n) is 6.95. The molecule has 0 aromatic heterocycles. The zero-order valence-corrected chi connectivity index (χ0v) is 15.9. The van der Waals surface area contributed by atoms with Gasteiger partial charge in [-0.2, -0.15) is 0 Å². The molecular formula is C20H30ClNO2. The fraction of sp³-hybridized carbons (Fsp3) is 0.700. The summed E-state index contributed by atoms with van der Waals surface area (Å²) < 4.78 is 6.05. The van der Waals surface area contributed by atoms with E-state index in [1.807, 2.05) is 12.1 Å². The monoisotopic (exact) mass is 351 g/mol. The maximum atomic E-state index is 9.93. The summed E-state index contributed by atoms with van der Waals surface area (Å²) in [7, 11) is 0. The molecule has 0 amide bonds. The van der Waals surface area contributed by atoms with Crippen LogP contribution in [-0.4, -0.2) is 41.3 Å². The summed E-state index contributed by atoms with van der Waals surface area (Å²) >= 11 is 0. The van der Waals surface area contributed by atoms with E-state index in [9.17, 15) is 5.11 Å². The molecule has 2 saturated heterocycles. The van der Waals surface area contributed by atoms with Gasteiger partial charge in [0.25, 0.3) is 0 Å².